The van der Waals surface area contributed by atoms with Gasteiger partial charge in [-0.05, 0) is 19.9 Å². The van der Waals surface area contributed by atoms with Crippen molar-refractivity contribution in [1.82, 2.24) is 15.1 Å². The van der Waals surface area contributed by atoms with E-state index in [9.17, 15) is 8.42 Å². The van der Waals surface area contributed by atoms with Crippen LogP contribution >= 0.6 is 0 Å². The zero-order valence-corrected chi connectivity index (χ0v) is 11.9. The van der Waals surface area contributed by atoms with Gasteiger partial charge in [-0.1, -0.05) is 0 Å². The standard InChI is InChI=1S/C11H17N5O2S/c1-8(2)19(17,18)11-9(6-15(3)14-11)16-7-13-5-4-10(16)12/h4-6,8,12-13H,7H2,1-3H3. The van der Waals surface area contributed by atoms with E-state index in [1.165, 1.54) is 4.68 Å². The Bertz CT molecular complexity index is 630. The Morgan fingerprint density at radius 3 is 2.74 bits per heavy atom. The Hall–Kier alpha value is -1.83. The van der Waals surface area contributed by atoms with Crippen LogP contribution in [0, 0.1) is 5.41 Å². The maximum Gasteiger partial charge on any atom is 0.201 e. The molecule has 0 aromatic carbocycles. The minimum atomic E-state index is -3.48. The fourth-order valence-corrected chi connectivity index (χ4v) is 2.88. The Kier molecular flexibility index (Phi) is 3.36. The van der Waals surface area contributed by atoms with Crippen LogP contribution in [-0.4, -0.2) is 36.0 Å². The summed E-state index contributed by atoms with van der Waals surface area (Å²) < 4.78 is 26.1. The van der Waals surface area contributed by atoms with Gasteiger partial charge in [-0.2, -0.15) is 5.10 Å². The van der Waals surface area contributed by atoms with Crippen LogP contribution in [0.15, 0.2) is 23.5 Å². The first-order valence-electron chi connectivity index (χ1n) is 5.87. The molecule has 0 saturated heterocycles. The van der Waals surface area contributed by atoms with Crippen LogP contribution in [0.5, 0.6) is 0 Å². The minimum absolute atomic E-state index is 0.0202. The molecule has 8 heteroatoms. The quantitative estimate of drug-likeness (QED) is 0.841. The zero-order valence-electron chi connectivity index (χ0n) is 11.1. The highest BCUT2D eigenvalue weighted by molar-refractivity contribution is 7.92. The van der Waals surface area contributed by atoms with Crippen molar-refractivity contribution in [3.63, 3.8) is 0 Å². The fourth-order valence-electron chi connectivity index (χ4n) is 1.74. The smallest absolute Gasteiger partial charge is 0.201 e. The average molecular weight is 283 g/mol. The van der Waals surface area contributed by atoms with Gasteiger partial charge in [0.05, 0.1) is 11.9 Å². The molecular weight excluding hydrogens is 266 g/mol. The van der Waals surface area contributed by atoms with Crippen molar-refractivity contribution >= 4 is 21.4 Å². The van der Waals surface area contributed by atoms with Gasteiger partial charge in [0.15, 0.2) is 0 Å². The normalized spacial score (nSPS) is 16.0. The van der Waals surface area contributed by atoms with Crippen molar-refractivity contribution in [2.24, 2.45) is 7.05 Å². The number of sulfone groups is 1. The van der Waals surface area contributed by atoms with E-state index in [2.05, 4.69) is 10.4 Å². The summed E-state index contributed by atoms with van der Waals surface area (Å²) in [6.45, 7) is 3.59. The van der Waals surface area contributed by atoms with Gasteiger partial charge in [-0.25, -0.2) is 8.42 Å². The lowest BCUT2D eigenvalue weighted by Gasteiger charge is -2.26. The lowest BCUT2D eigenvalue weighted by Crippen LogP contribution is -2.40. The number of nitrogens with one attached hydrogen (secondary N) is 2. The molecule has 0 atom stereocenters. The van der Waals surface area contributed by atoms with Crippen molar-refractivity contribution in [3.05, 3.63) is 18.5 Å². The van der Waals surface area contributed by atoms with E-state index in [1.807, 2.05) is 0 Å². The molecule has 1 aromatic heterocycles. The summed E-state index contributed by atoms with van der Waals surface area (Å²) in [4.78, 5) is 1.57. The summed E-state index contributed by atoms with van der Waals surface area (Å²) in [5.74, 6) is 0.229. The summed E-state index contributed by atoms with van der Waals surface area (Å²) >= 11 is 0. The SMILES string of the molecule is CC(C)S(=O)(=O)c1nn(C)cc1N1CNC=CC1=N. The van der Waals surface area contributed by atoms with Crippen LogP contribution in [-0.2, 0) is 16.9 Å². The van der Waals surface area contributed by atoms with Crippen molar-refractivity contribution in [2.45, 2.75) is 24.1 Å². The first-order chi connectivity index (χ1) is 8.84. The van der Waals surface area contributed by atoms with Gasteiger partial charge in [0.25, 0.3) is 0 Å². The van der Waals surface area contributed by atoms with Gasteiger partial charge in [-0.3, -0.25) is 10.1 Å². The molecule has 0 saturated carbocycles. The van der Waals surface area contributed by atoms with Gasteiger partial charge >= 0.3 is 0 Å². The third-order valence-electron chi connectivity index (χ3n) is 2.86. The second-order valence-corrected chi connectivity index (χ2v) is 7.02. The Labute approximate surface area is 112 Å². The molecular formula is C11H17N5O2S. The van der Waals surface area contributed by atoms with Crippen LogP contribution in [0.3, 0.4) is 0 Å². The molecule has 2 heterocycles. The molecule has 0 radical (unpaired) electrons. The van der Waals surface area contributed by atoms with Crippen molar-refractivity contribution in [1.29, 1.82) is 5.41 Å². The molecule has 7 nitrogen and oxygen atoms in total. The number of hydrogen-bond acceptors (Lipinski definition) is 5. The third-order valence-corrected chi connectivity index (χ3v) is 4.93. The van der Waals surface area contributed by atoms with Crippen LogP contribution < -0.4 is 10.2 Å². The lowest BCUT2D eigenvalue weighted by molar-refractivity contribution is 0.579. The molecule has 1 aliphatic rings. The molecule has 0 unspecified atom stereocenters. The van der Waals surface area contributed by atoms with E-state index in [0.29, 0.717) is 12.4 Å². The molecule has 2 N–H and O–H groups in total. The number of amidine groups is 1. The molecule has 0 amide bonds. The topological polar surface area (TPSA) is 91.1 Å². The highest BCUT2D eigenvalue weighted by Crippen LogP contribution is 2.27. The summed E-state index contributed by atoms with van der Waals surface area (Å²) in [5.41, 5.74) is 0.429. The third kappa shape index (κ3) is 2.35. The summed E-state index contributed by atoms with van der Waals surface area (Å²) in [6.07, 6.45) is 4.85. The second-order valence-electron chi connectivity index (χ2n) is 4.60. The zero-order chi connectivity index (χ0) is 14.2. The largest absolute Gasteiger partial charge is 0.373 e. The molecule has 1 aliphatic heterocycles. The van der Waals surface area contributed by atoms with Crippen LogP contribution in [0.4, 0.5) is 5.69 Å². The average Bonchev–Trinajstić information content (AvgIpc) is 2.72. The number of rotatable bonds is 3. The number of hydrogen-bond donors (Lipinski definition) is 2. The van der Waals surface area contributed by atoms with Crippen molar-refractivity contribution in [3.8, 4) is 0 Å². The molecule has 19 heavy (non-hydrogen) atoms. The van der Waals surface area contributed by atoms with E-state index >= 15 is 0 Å². The second kappa shape index (κ2) is 4.69. The van der Waals surface area contributed by atoms with Crippen molar-refractivity contribution < 1.29 is 8.42 Å². The van der Waals surface area contributed by atoms with Crippen LogP contribution in [0.2, 0.25) is 0 Å². The summed E-state index contributed by atoms with van der Waals surface area (Å²) in [7, 11) is -1.82. The predicted molar refractivity (Wildman–Crippen MR) is 72.9 cm³/mol. The lowest BCUT2D eigenvalue weighted by atomic mass is 10.4. The first-order valence-corrected chi connectivity index (χ1v) is 7.42. The molecule has 2 rings (SSSR count). The van der Waals surface area contributed by atoms with Crippen LogP contribution in [0.1, 0.15) is 13.8 Å². The monoisotopic (exact) mass is 283 g/mol. The maximum atomic E-state index is 12.3. The van der Waals surface area contributed by atoms with Gasteiger partial charge in [0.1, 0.15) is 11.5 Å². The number of aromatic nitrogens is 2. The number of nitrogens with zero attached hydrogens (tertiary/aromatic N) is 3. The number of anilines is 1. The van der Waals surface area contributed by atoms with E-state index in [0.717, 1.165) is 0 Å². The molecule has 104 valence electrons. The molecule has 0 aliphatic carbocycles. The Balaban J connectivity index is 2.54. The molecule has 0 spiro atoms. The molecule has 0 bridgehead atoms. The van der Waals surface area contributed by atoms with Crippen LogP contribution in [0.25, 0.3) is 0 Å². The van der Waals surface area contributed by atoms with Gasteiger partial charge in [0.2, 0.25) is 14.9 Å². The number of aryl methyl sites for hydroxylation is 1. The predicted octanol–water partition coefficient (Wildman–Crippen LogP) is 0.460. The van der Waals surface area contributed by atoms with E-state index in [4.69, 9.17) is 5.41 Å². The molecule has 1 aromatic rings. The van der Waals surface area contributed by atoms with E-state index in [1.54, 1.807) is 44.3 Å². The van der Waals surface area contributed by atoms with E-state index in [-0.39, 0.29) is 10.9 Å². The van der Waals surface area contributed by atoms with Gasteiger partial charge in [-0.15, -0.1) is 0 Å². The molecule has 0 fully saturated rings. The minimum Gasteiger partial charge on any atom is -0.373 e. The van der Waals surface area contributed by atoms with Gasteiger partial charge < -0.3 is 10.2 Å². The summed E-state index contributed by atoms with van der Waals surface area (Å²) in [5, 5.41) is 14.3. The first kappa shape index (κ1) is 13.6. The highest BCUT2D eigenvalue weighted by Gasteiger charge is 2.30. The van der Waals surface area contributed by atoms with Crippen molar-refractivity contribution in [2.75, 3.05) is 11.6 Å². The highest BCUT2D eigenvalue weighted by atomic mass is 32.2. The fraction of sp³-hybridized carbons (Fsp3) is 0.455. The van der Waals surface area contributed by atoms with Gasteiger partial charge in [0, 0.05) is 19.4 Å². The maximum absolute atomic E-state index is 12.3. The van der Waals surface area contributed by atoms with E-state index < -0.39 is 15.1 Å². The Morgan fingerprint density at radius 2 is 2.16 bits per heavy atom. The summed E-state index contributed by atoms with van der Waals surface area (Å²) in [6, 6.07) is 0. The Morgan fingerprint density at radius 1 is 1.47 bits per heavy atom.